The number of hydrogen-bond donors (Lipinski definition) is 1. The first-order valence-corrected chi connectivity index (χ1v) is 7.46. The fourth-order valence-electron chi connectivity index (χ4n) is 2.51. The van der Waals surface area contributed by atoms with E-state index in [0.29, 0.717) is 12.3 Å². The van der Waals surface area contributed by atoms with Gasteiger partial charge in [-0.25, -0.2) is 0 Å². The van der Waals surface area contributed by atoms with Crippen molar-refractivity contribution >= 4 is 5.91 Å². The van der Waals surface area contributed by atoms with Crippen LogP contribution in [0.3, 0.4) is 0 Å². The van der Waals surface area contributed by atoms with Crippen LogP contribution in [-0.4, -0.2) is 44.7 Å². The Labute approximate surface area is 126 Å². The second-order valence-electron chi connectivity index (χ2n) is 5.23. The maximum Gasteiger partial charge on any atom is 0.260 e. The molecule has 0 aliphatic carbocycles. The number of methoxy groups -OCH3 is 1. The van der Waals surface area contributed by atoms with E-state index in [1.54, 1.807) is 7.11 Å². The predicted octanol–water partition coefficient (Wildman–Crippen LogP) is 1.81. The first-order chi connectivity index (χ1) is 10.2. The number of hydrogen-bond acceptors (Lipinski definition) is 4. The topological polar surface area (TPSA) is 50.8 Å². The highest BCUT2D eigenvalue weighted by Crippen LogP contribution is 2.25. The van der Waals surface area contributed by atoms with Gasteiger partial charge in [-0.05, 0) is 32.4 Å². The average Bonchev–Trinajstić information content (AvgIpc) is 2.54. The number of likely N-dealkylation sites (tertiary alicyclic amines) is 1. The van der Waals surface area contributed by atoms with Crippen LogP contribution in [0, 0.1) is 0 Å². The van der Waals surface area contributed by atoms with Gasteiger partial charge in [-0.2, -0.15) is 0 Å². The summed E-state index contributed by atoms with van der Waals surface area (Å²) in [5, 5.41) is 3.10. The first-order valence-electron chi connectivity index (χ1n) is 7.46. The average molecular weight is 292 g/mol. The molecule has 21 heavy (non-hydrogen) atoms. The molecule has 1 N–H and O–H groups in total. The summed E-state index contributed by atoms with van der Waals surface area (Å²) >= 11 is 0. The van der Waals surface area contributed by atoms with Crippen LogP contribution >= 0.6 is 0 Å². The SMILES string of the molecule is CNCc1ccc(OC)cc1OCC(=O)N1CCCCC1. The van der Waals surface area contributed by atoms with Crippen LogP contribution in [0.4, 0.5) is 0 Å². The monoisotopic (exact) mass is 292 g/mol. The lowest BCUT2D eigenvalue weighted by Gasteiger charge is -2.26. The summed E-state index contributed by atoms with van der Waals surface area (Å²) in [4.78, 5) is 14.0. The molecule has 0 radical (unpaired) electrons. The molecule has 1 fully saturated rings. The van der Waals surface area contributed by atoms with Gasteiger partial charge in [0.2, 0.25) is 0 Å². The van der Waals surface area contributed by atoms with Crippen molar-refractivity contribution in [3.63, 3.8) is 0 Å². The summed E-state index contributed by atoms with van der Waals surface area (Å²) in [5.41, 5.74) is 1.02. The number of carbonyl (C=O) groups excluding carboxylic acids is 1. The van der Waals surface area contributed by atoms with Crippen molar-refractivity contribution in [1.29, 1.82) is 0 Å². The normalized spacial score (nSPS) is 14.9. The highest BCUT2D eigenvalue weighted by molar-refractivity contribution is 5.77. The molecule has 0 spiro atoms. The van der Waals surface area contributed by atoms with Gasteiger partial charge in [0.1, 0.15) is 11.5 Å². The Bertz CT molecular complexity index is 471. The van der Waals surface area contributed by atoms with Crippen LogP contribution in [0.2, 0.25) is 0 Å². The van der Waals surface area contributed by atoms with Gasteiger partial charge in [0.15, 0.2) is 6.61 Å². The quantitative estimate of drug-likeness (QED) is 0.869. The molecule has 5 heteroatoms. The van der Waals surface area contributed by atoms with Crippen LogP contribution in [0.15, 0.2) is 18.2 Å². The molecular formula is C16H24N2O3. The summed E-state index contributed by atoms with van der Waals surface area (Å²) in [6, 6.07) is 5.68. The number of rotatable bonds is 6. The summed E-state index contributed by atoms with van der Waals surface area (Å²) in [5.74, 6) is 1.50. The molecule has 0 aromatic heterocycles. The molecule has 1 aromatic rings. The lowest BCUT2D eigenvalue weighted by atomic mass is 10.1. The van der Waals surface area contributed by atoms with Crippen LogP contribution < -0.4 is 14.8 Å². The maximum absolute atomic E-state index is 12.1. The van der Waals surface area contributed by atoms with E-state index in [2.05, 4.69) is 5.32 Å². The molecule has 1 saturated heterocycles. The molecule has 116 valence electrons. The summed E-state index contributed by atoms with van der Waals surface area (Å²) in [6.07, 6.45) is 3.40. The number of nitrogens with zero attached hydrogens (tertiary/aromatic N) is 1. The molecule has 1 aromatic carbocycles. The van der Waals surface area contributed by atoms with Crippen molar-refractivity contribution in [1.82, 2.24) is 10.2 Å². The predicted molar refractivity (Wildman–Crippen MR) is 81.7 cm³/mol. The van der Waals surface area contributed by atoms with Gasteiger partial charge in [-0.15, -0.1) is 0 Å². The van der Waals surface area contributed by atoms with Crippen LogP contribution in [0.25, 0.3) is 0 Å². The third-order valence-electron chi connectivity index (χ3n) is 3.70. The number of piperidine rings is 1. The fraction of sp³-hybridized carbons (Fsp3) is 0.562. The molecule has 0 bridgehead atoms. The summed E-state index contributed by atoms with van der Waals surface area (Å²) in [7, 11) is 3.50. The molecule has 0 saturated carbocycles. The van der Waals surface area contributed by atoms with Gasteiger partial charge >= 0.3 is 0 Å². The Morgan fingerprint density at radius 3 is 2.71 bits per heavy atom. The molecule has 5 nitrogen and oxygen atoms in total. The molecule has 1 amide bonds. The number of benzene rings is 1. The van der Waals surface area contributed by atoms with Crippen molar-refractivity contribution in [3.8, 4) is 11.5 Å². The Balaban J connectivity index is 1.98. The van der Waals surface area contributed by atoms with Crippen LogP contribution in [-0.2, 0) is 11.3 Å². The van der Waals surface area contributed by atoms with E-state index in [1.807, 2.05) is 30.1 Å². The second kappa shape index (κ2) is 7.88. The van der Waals surface area contributed by atoms with E-state index in [-0.39, 0.29) is 12.5 Å². The zero-order chi connectivity index (χ0) is 15.1. The lowest BCUT2D eigenvalue weighted by molar-refractivity contribution is -0.134. The highest BCUT2D eigenvalue weighted by Gasteiger charge is 2.17. The summed E-state index contributed by atoms with van der Waals surface area (Å²) < 4.78 is 11.0. The van der Waals surface area contributed by atoms with Gasteiger partial charge in [-0.1, -0.05) is 6.07 Å². The Morgan fingerprint density at radius 1 is 1.29 bits per heavy atom. The maximum atomic E-state index is 12.1. The summed E-state index contributed by atoms with van der Waals surface area (Å²) in [6.45, 7) is 2.48. The van der Waals surface area contributed by atoms with Crippen molar-refractivity contribution in [2.24, 2.45) is 0 Å². The zero-order valence-electron chi connectivity index (χ0n) is 12.9. The second-order valence-corrected chi connectivity index (χ2v) is 5.23. The van der Waals surface area contributed by atoms with E-state index in [9.17, 15) is 4.79 Å². The Kier molecular flexibility index (Phi) is 5.87. The minimum Gasteiger partial charge on any atom is -0.497 e. The number of amides is 1. The van der Waals surface area contributed by atoms with Gasteiger partial charge in [0.05, 0.1) is 7.11 Å². The molecule has 1 aliphatic heterocycles. The molecule has 0 unspecified atom stereocenters. The number of carbonyl (C=O) groups is 1. The third kappa shape index (κ3) is 4.36. The van der Waals surface area contributed by atoms with Gasteiger partial charge in [-0.3, -0.25) is 4.79 Å². The fourth-order valence-corrected chi connectivity index (χ4v) is 2.51. The lowest BCUT2D eigenvalue weighted by Crippen LogP contribution is -2.38. The van der Waals surface area contributed by atoms with Crippen molar-refractivity contribution in [3.05, 3.63) is 23.8 Å². The van der Waals surface area contributed by atoms with Crippen molar-refractivity contribution < 1.29 is 14.3 Å². The minimum atomic E-state index is 0.0629. The van der Waals surface area contributed by atoms with Gasteiger partial charge in [0, 0.05) is 31.3 Å². The van der Waals surface area contributed by atoms with E-state index in [1.165, 1.54) is 6.42 Å². The Morgan fingerprint density at radius 2 is 2.05 bits per heavy atom. The number of ether oxygens (including phenoxy) is 2. The largest absolute Gasteiger partial charge is 0.497 e. The van der Waals surface area contributed by atoms with E-state index in [4.69, 9.17) is 9.47 Å². The van der Waals surface area contributed by atoms with Crippen molar-refractivity contribution in [2.45, 2.75) is 25.8 Å². The van der Waals surface area contributed by atoms with E-state index < -0.39 is 0 Å². The molecular weight excluding hydrogens is 268 g/mol. The Hall–Kier alpha value is -1.75. The molecule has 2 rings (SSSR count). The van der Waals surface area contributed by atoms with Gasteiger partial charge in [0.25, 0.3) is 5.91 Å². The molecule has 1 heterocycles. The zero-order valence-corrected chi connectivity index (χ0v) is 12.9. The van der Waals surface area contributed by atoms with Crippen LogP contribution in [0.5, 0.6) is 11.5 Å². The van der Waals surface area contributed by atoms with Crippen LogP contribution in [0.1, 0.15) is 24.8 Å². The smallest absolute Gasteiger partial charge is 0.260 e. The third-order valence-corrected chi connectivity index (χ3v) is 3.70. The van der Waals surface area contributed by atoms with Crippen molar-refractivity contribution in [2.75, 3.05) is 33.9 Å². The van der Waals surface area contributed by atoms with Gasteiger partial charge < -0.3 is 19.7 Å². The van der Waals surface area contributed by atoms with E-state index >= 15 is 0 Å². The highest BCUT2D eigenvalue weighted by atomic mass is 16.5. The van der Waals surface area contributed by atoms with E-state index in [0.717, 1.165) is 37.2 Å². The molecule has 0 atom stereocenters. The standard InChI is InChI=1S/C16H24N2O3/c1-17-11-13-6-7-14(20-2)10-15(13)21-12-16(19)18-8-4-3-5-9-18/h6-7,10,17H,3-5,8-9,11-12H2,1-2H3. The molecule has 1 aliphatic rings. The first kappa shape index (κ1) is 15.6. The minimum absolute atomic E-state index is 0.0629. The number of nitrogens with one attached hydrogen (secondary N) is 1.